The molecule has 5 heteroatoms. The molecule has 0 spiro atoms. The molecule has 0 aliphatic carbocycles. The topological polar surface area (TPSA) is 41.0 Å². The van der Waals surface area contributed by atoms with Crippen LogP contribution in [0.25, 0.3) is 0 Å². The summed E-state index contributed by atoms with van der Waals surface area (Å²) in [5.41, 5.74) is 2.08. The smallest absolute Gasteiger partial charge is 0.224 e. The molecule has 0 saturated heterocycles. The monoisotopic (exact) mass is 248 g/mol. The van der Waals surface area contributed by atoms with Crippen molar-refractivity contribution < 1.29 is 0 Å². The van der Waals surface area contributed by atoms with Crippen molar-refractivity contribution in [3.8, 4) is 0 Å². The fraction of sp³-hybridized carbons (Fsp3) is 0.167. The third-order valence-electron chi connectivity index (χ3n) is 2.26. The summed E-state index contributed by atoms with van der Waals surface area (Å²) >= 11 is 5.72. The molecule has 88 valence electrons. The Bertz CT molecular complexity index is 513. The minimum atomic E-state index is 0.235. The molecule has 0 amide bonds. The Morgan fingerprint density at radius 2 is 2.06 bits per heavy atom. The lowest BCUT2D eigenvalue weighted by atomic mass is 10.2. The maximum atomic E-state index is 5.72. The van der Waals surface area contributed by atoms with Crippen molar-refractivity contribution in [3.63, 3.8) is 0 Å². The highest BCUT2D eigenvalue weighted by Gasteiger charge is 2.00. The fourth-order valence-corrected chi connectivity index (χ4v) is 1.56. The number of rotatable bonds is 3. The summed E-state index contributed by atoms with van der Waals surface area (Å²) in [5.74, 6) is 0.681. The number of aromatic nitrogens is 2. The third-order valence-corrected chi connectivity index (χ3v) is 2.44. The van der Waals surface area contributed by atoms with E-state index in [4.69, 9.17) is 11.6 Å². The largest absolute Gasteiger partial charge is 0.378 e. The maximum absolute atomic E-state index is 5.72. The molecule has 0 atom stereocenters. The van der Waals surface area contributed by atoms with E-state index in [0.29, 0.717) is 5.82 Å². The lowest BCUT2D eigenvalue weighted by Crippen LogP contribution is -2.08. The van der Waals surface area contributed by atoms with Crippen LogP contribution in [-0.4, -0.2) is 24.1 Å². The van der Waals surface area contributed by atoms with Crippen molar-refractivity contribution in [2.75, 3.05) is 24.3 Å². The van der Waals surface area contributed by atoms with Gasteiger partial charge in [0, 0.05) is 31.7 Å². The first kappa shape index (κ1) is 11.7. The Balaban J connectivity index is 2.21. The number of hydrogen-bond acceptors (Lipinski definition) is 4. The SMILES string of the molecule is CN(C)c1cccc(Nc2ccnc(Cl)n2)c1. The predicted octanol–water partition coefficient (Wildman–Crippen LogP) is 2.94. The Morgan fingerprint density at radius 1 is 1.24 bits per heavy atom. The van der Waals surface area contributed by atoms with Crippen LogP contribution in [0.4, 0.5) is 17.2 Å². The summed E-state index contributed by atoms with van der Waals surface area (Å²) in [6.45, 7) is 0. The van der Waals surface area contributed by atoms with Gasteiger partial charge in [0.15, 0.2) is 0 Å². The first-order valence-electron chi connectivity index (χ1n) is 5.18. The van der Waals surface area contributed by atoms with Gasteiger partial charge in [0.25, 0.3) is 0 Å². The van der Waals surface area contributed by atoms with Crippen molar-refractivity contribution in [3.05, 3.63) is 41.8 Å². The first-order chi connectivity index (χ1) is 8.15. The Morgan fingerprint density at radius 3 is 2.76 bits per heavy atom. The molecule has 1 aromatic heterocycles. The summed E-state index contributed by atoms with van der Waals surface area (Å²) < 4.78 is 0. The van der Waals surface area contributed by atoms with Gasteiger partial charge in [0.1, 0.15) is 5.82 Å². The number of nitrogens with zero attached hydrogens (tertiary/aromatic N) is 3. The van der Waals surface area contributed by atoms with Crippen LogP contribution < -0.4 is 10.2 Å². The number of halogens is 1. The average Bonchev–Trinajstić information content (AvgIpc) is 2.29. The summed E-state index contributed by atoms with van der Waals surface area (Å²) in [6, 6.07) is 9.81. The van der Waals surface area contributed by atoms with Crippen LogP contribution in [-0.2, 0) is 0 Å². The molecule has 4 nitrogen and oxygen atoms in total. The van der Waals surface area contributed by atoms with Gasteiger partial charge in [-0.2, -0.15) is 0 Å². The van der Waals surface area contributed by atoms with E-state index in [0.717, 1.165) is 11.4 Å². The second-order valence-electron chi connectivity index (χ2n) is 3.78. The van der Waals surface area contributed by atoms with E-state index in [-0.39, 0.29) is 5.28 Å². The van der Waals surface area contributed by atoms with E-state index in [1.165, 1.54) is 0 Å². The third kappa shape index (κ3) is 3.07. The summed E-state index contributed by atoms with van der Waals surface area (Å²) in [5, 5.41) is 3.41. The molecule has 2 aromatic rings. The number of hydrogen-bond donors (Lipinski definition) is 1. The highest BCUT2D eigenvalue weighted by molar-refractivity contribution is 6.28. The molecule has 0 fully saturated rings. The minimum Gasteiger partial charge on any atom is -0.378 e. The summed E-state index contributed by atoms with van der Waals surface area (Å²) in [4.78, 5) is 9.95. The van der Waals surface area contributed by atoms with Gasteiger partial charge in [-0.1, -0.05) is 6.07 Å². The second kappa shape index (κ2) is 5.01. The molecule has 17 heavy (non-hydrogen) atoms. The van der Waals surface area contributed by atoms with Crippen molar-refractivity contribution in [1.29, 1.82) is 0 Å². The van der Waals surface area contributed by atoms with Crippen LogP contribution in [0.2, 0.25) is 5.28 Å². The van der Waals surface area contributed by atoms with E-state index in [1.807, 2.05) is 43.3 Å². The molecule has 1 aromatic carbocycles. The van der Waals surface area contributed by atoms with Gasteiger partial charge in [-0.25, -0.2) is 9.97 Å². The van der Waals surface area contributed by atoms with Gasteiger partial charge in [-0.3, -0.25) is 0 Å². The van der Waals surface area contributed by atoms with Crippen LogP contribution >= 0.6 is 11.6 Å². The van der Waals surface area contributed by atoms with Gasteiger partial charge in [-0.15, -0.1) is 0 Å². The van der Waals surface area contributed by atoms with Crippen LogP contribution in [0, 0.1) is 0 Å². The zero-order valence-electron chi connectivity index (χ0n) is 9.68. The van der Waals surface area contributed by atoms with Crippen molar-refractivity contribution in [2.45, 2.75) is 0 Å². The standard InChI is InChI=1S/C12H13ClN4/c1-17(2)10-5-3-4-9(8-10)15-11-6-7-14-12(13)16-11/h3-8H,1-2H3,(H,14,15,16). The van der Waals surface area contributed by atoms with E-state index in [2.05, 4.69) is 15.3 Å². The van der Waals surface area contributed by atoms with Crippen molar-refractivity contribution >= 4 is 28.8 Å². The quantitative estimate of drug-likeness (QED) is 0.848. The van der Waals surface area contributed by atoms with Gasteiger partial charge < -0.3 is 10.2 Å². The molecule has 1 heterocycles. The van der Waals surface area contributed by atoms with Crippen molar-refractivity contribution in [2.24, 2.45) is 0 Å². The Labute approximate surface area is 105 Å². The van der Waals surface area contributed by atoms with E-state index in [1.54, 1.807) is 12.3 Å². The van der Waals surface area contributed by atoms with Crippen LogP contribution in [0.3, 0.4) is 0 Å². The second-order valence-corrected chi connectivity index (χ2v) is 4.12. The molecular weight excluding hydrogens is 236 g/mol. The maximum Gasteiger partial charge on any atom is 0.224 e. The molecule has 0 saturated carbocycles. The van der Waals surface area contributed by atoms with Gasteiger partial charge in [-0.05, 0) is 35.9 Å². The molecular formula is C12H13ClN4. The van der Waals surface area contributed by atoms with Gasteiger partial charge in [0.05, 0.1) is 0 Å². The zero-order chi connectivity index (χ0) is 12.3. The van der Waals surface area contributed by atoms with Gasteiger partial charge >= 0.3 is 0 Å². The number of anilines is 3. The van der Waals surface area contributed by atoms with E-state index >= 15 is 0 Å². The van der Waals surface area contributed by atoms with Gasteiger partial charge in [0.2, 0.25) is 5.28 Å². The average molecular weight is 249 g/mol. The Kier molecular flexibility index (Phi) is 3.44. The zero-order valence-corrected chi connectivity index (χ0v) is 10.4. The molecule has 0 aliphatic rings. The van der Waals surface area contributed by atoms with E-state index in [9.17, 15) is 0 Å². The predicted molar refractivity (Wildman–Crippen MR) is 71.1 cm³/mol. The first-order valence-corrected chi connectivity index (χ1v) is 5.56. The van der Waals surface area contributed by atoms with E-state index < -0.39 is 0 Å². The normalized spacial score (nSPS) is 10.1. The molecule has 0 aliphatic heterocycles. The molecule has 2 rings (SSSR count). The molecule has 0 unspecified atom stereocenters. The minimum absolute atomic E-state index is 0.235. The lowest BCUT2D eigenvalue weighted by molar-refractivity contribution is 1.13. The molecule has 0 bridgehead atoms. The fourth-order valence-electron chi connectivity index (χ4n) is 1.41. The summed E-state index contributed by atoms with van der Waals surface area (Å²) in [6.07, 6.45) is 1.62. The van der Waals surface area contributed by atoms with Crippen LogP contribution in [0.15, 0.2) is 36.5 Å². The molecule has 0 radical (unpaired) electrons. The van der Waals surface area contributed by atoms with Crippen LogP contribution in [0.5, 0.6) is 0 Å². The number of nitrogens with one attached hydrogen (secondary N) is 1. The highest BCUT2D eigenvalue weighted by atomic mass is 35.5. The molecule has 1 N–H and O–H groups in total. The summed E-state index contributed by atoms with van der Waals surface area (Å²) in [7, 11) is 4.00. The van der Waals surface area contributed by atoms with Crippen LogP contribution in [0.1, 0.15) is 0 Å². The number of benzene rings is 1. The lowest BCUT2D eigenvalue weighted by Gasteiger charge is -2.14. The highest BCUT2D eigenvalue weighted by Crippen LogP contribution is 2.20. The Hall–Kier alpha value is -1.81. The van der Waals surface area contributed by atoms with Crippen molar-refractivity contribution in [1.82, 2.24) is 9.97 Å².